The van der Waals surface area contributed by atoms with Gasteiger partial charge in [0.15, 0.2) is 0 Å². The van der Waals surface area contributed by atoms with Gasteiger partial charge in [0, 0.05) is 26.2 Å². The highest BCUT2D eigenvalue weighted by molar-refractivity contribution is 5.77. The standard InChI is InChI=1S/C15H27N3O3/c1-2-6-15(13(19)20)7-11-17(12-8-15)14(21)16-18-9-4-3-5-10-18/h2-12H2,1H3,(H,16,21)(H,19,20). The van der Waals surface area contributed by atoms with E-state index in [1.54, 1.807) is 4.90 Å². The van der Waals surface area contributed by atoms with E-state index in [1.807, 2.05) is 11.9 Å². The average molecular weight is 297 g/mol. The second-order valence-electron chi connectivity index (χ2n) is 6.29. The lowest BCUT2D eigenvalue weighted by molar-refractivity contribution is -0.152. The molecule has 0 bridgehead atoms. The molecule has 2 aliphatic heterocycles. The van der Waals surface area contributed by atoms with E-state index in [0.717, 1.165) is 32.4 Å². The van der Waals surface area contributed by atoms with Gasteiger partial charge in [-0.15, -0.1) is 0 Å². The van der Waals surface area contributed by atoms with E-state index in [4.69, 9.17) is 0 Å². The van der Waals surface area contributed by atoms with Gasteiger partial charge in [-0.3, -0.25) is 10.2 Å². The highest BCUT2D eigenvalue weighted by atomic mass is 16.4. The third-order valence-corrected chi connectivity index (χ3v) is 4.80. The summed E-state index contributed by atoms with van der Waals surface area (Å²) >= 11 is 0. The monoisotopic (exact) mass is 297 g/mol. The molecule has 0 saturated carbocycles. The lowest BCUT2D eigenvalue weighted by Gasteiger charge is -2.39. The van der Waals surface area contributed by atoms with Gasteiger partial charge in [-0.2, -0.15) is 0 Å². The minimum Gasteiger partial charge on any atom is -0.481 e. The number of carboxylic acids is 1. The first-order valence-corrected chi connectivity index (χ1v) is 8.11. The van der Waals surface area contributed by atoms with Crippen molar-refractivity contribution in [3.8, 4) is 0 Å². The van der Waals surface area contributed by atoms with E-state index >= 15 is 0 Å². The van der Waals surface area contributed by atoms with Crippen molar-refractivity contribution in [1.29, 1.82) is 0 Å². The largest absolute Gasteiger partial charge is 0.481 e. The molecule has 21 heavy (non-hydrogen) atoms. The van der Waals surface area contributed by atoms with Crippen molar-refractivity contribution in [1.82, 2.24) is 15.3 Å². The lowest BCUT2D eigenvalue weighted by atomic mass is 9.75. The molecule has 6 nitrogen and oxygen atoms in total. The number of amides is 2. The molecule has 0 aromatic rings. The normalized spacial score (nSPS) is 22.8. The molecule has 0 spiro atoms. The van der Waals surface area contributed by atoms with Gasteiger partial charge in [0.05, 0.1) is 5.41 Å². The minimum atomic E-state index is -0.708. The maximum Gasteiger partial charge on any atom is 0.331 e. The van der Waals surface area contributed by atoms with Crippen LogP contribution < -0.4 is 5.43 Å². The highest BCUT2D eigenvalue weighted by Crippen LogP contribution is 2.36. The summed E-state index contributed by atoms with van der Waals surface area (Å²) in [5.41, 5.74) is 2.32. The molecule has 0 unspecified atom stereocenters. The first-order chi connectivity index (χ1) is 10.1. The Labute approximate surface area is 126 Å². The predicted octanol–water partition coefficient (Wildman–Crippen LogP) is 2.06. The molecule has 6 heteroatoms. The van der Waals surface area contributed by atoms with Crippen molar-refractivity contribution >= 4 is 12.0 Å². The van der Waals surface area contributed by atoms with Crippen molar-refractivity contribution in [3.05, 3.63) is 0 Å². The Bertz CT molecular complexity index is 372. The second-order valence-corrected chi connectivity index (χ2v) is 6.29. The first kappa shape index (κ1) is 16.1. The number of likely N-dealkylation sites (tertiary alicyclic amines) is 1. The number of urea groups is 1. The maximum absolute atomic E-state index is 12.2. The minimum absolute atomic E-state index is 0.0765. The van der Waals surface area contributed by atoms with Crippen molar-refractivity contribution < 1.29 is 14.7 Å². The van der Waals surface area contributed by atoms with Gasteiger partial charge >= 0.3 is 12.0 Å². The number of nitrogens with zero attached hydrogens (tertiary/aromatic N) is 2. The zero-order valence-corrected chi connectivity index (χ0v) is 12.9. The van der Waals surface area contributed by atoms with Crippen LogP contribution in [0.15, 0.2) is 0 Å². The van der Waals surface area contributed by atoms with E-state index in [-0.39, 0.29) is 6.03 Å². The number of hydrogen-bond donors (Lipinski definition) is 2. The summed E-state index contributed by atoms with van der Waals surface area (Å²) in [7, 11) is 0. The molecule has 0 aromatic carbocycles. The lowest BCUT2D eigenvalue weighted by Crippen LogP contribution is -2.54. The van der Waals surface area contributed by atoms with Crippen LogP contribution in [0.2, 0.25) is 0 Å². The van der Waals surface area contributed by atoms with E-state index in [0.29, 0.717) is 32.4 Å². The van der Waals surface area contributed by atoms with Crippen LogP contribution >= 0.6 is 0 Å². The van der Waals surface area contributed by atoms with Crippen LogP contribution in [0, 0.1) is 5.41 Å². The third kappa shape index (κ3) is 3.87. The molecule has 2 heterocycles. The van der Waals surface area contributed by atoms with Gasteiger partial charge in [0.1, 0.15) is 0 Å². The Morgan fingerprint density at radius 3 is 2.24 bits per heavy atom. The molecule has 0 radical (unpaired) electrons. The van der Waals surface area contributed by atoms with E-state index in [1.165, 1.54) is 6.42 Å². The van der Waals surface area contributed by atoms with Gasteiger partial charge < -0.3 is 10.0 Å². The molecule has 120 valence electrons. The molecule has 2 amide bonds. The second kappa shape index (κ2) is 7.11. The molecule has 0 aliphatic carbocycles. The Morgan fingerprint density at radius 1 is 1.10 bits per heavy atom. The fourth-order valence-corrected chi connectivity index (χ4v) is 3.40. The highest BCUT2D eigenvalue weighted by Gasteiger charge is 2.41. The summed E-state index contributed by atoms with van der Waals surface area (Å²) in [5, 5.41) is 11.5. The Hall–Kier alpha value is -1.30. The zero-order chi connectivity index (χ0) is 15.3. The molecule has 2 aliphatic rings. The Kier molecular flexibility index (Phi) is 5.45. The smallest absolute Gasteiger partial charge is 0.331 e. The molecule has 0 atom stereocenters. The molecule has 2 saturated heterocycles. The number of aliphatic carboxylic acids is 1. The van der Waals surface area contributed by atoms with Crippen molar-refractivity contribution in [2.45, 2.75) is 51.9 Å². The maximum atomic E-state index is 12.2. The van der Waals surface area contributed by atoms with E-state index in [2.05, 4.69) is 5.43 Å². The van der Waals surface area contributed by atoms with Crippen molar-refractivity contribution in [2.24, 2.45) is 5.41 Å². The summed E-state index contributed by atoms with van der Waals surface area (Å²) in [4.78, 5) is 25.5. The molecule has 2 rings (SSSR count). The molecule has 0 aromatic heterocycles. The predicted molar refractivity (Wildman–Crippen MR) is 79.7 cm³/mol. The van der Waals surface area contributed by atoms with Crippen LogP contribution in [0.5, 0.6) is 0 Å². The SMILES string of the molecule is CCCC1(C(=O)O)CCN(C(=O)NN2CCCCC2)CC1. The van der Waals surface area contributed by atoms with E-state index in [9.17, 15) is 14.7 Å². The van der Waals surface area contributed by atoms with Gasteiger partial charge in [0.25, 0.3) is 0 Å². The summed E-state index contributed by atoms with van der Waals surface area (Å²) in [6.45, 7) is 4.90. The fraction of sp³-hybridized carbons (Fsp3) is 0.867. The average Bonchev–Trinajstić information content (AvgIpc) is 2.49. The number of rotatable bonds is 4. The van der Waals surface area contributed by atoms with Crippen LogP contribution in [-0.4, -0.2) is 53.2 Å². The number of piperidine rings is 2. The Balaban J connectivity index is 1.84. The number of carbonyl (C=O) groups excluding carboxylic acids is 1. The van der Waals surface area contributed by atoms with Crippen LogP contribution in [0.1, 0.15) is 51.9 Å². The summed E-state index contributed by atoms with van der Waals surface area (Å²) in [5.74, 6) is -0.708. The number of hydrogen-bond acceptors (Lipinski definition) is 3. The summed E-state index contributed by atoms with van der Waals surface area (Å²) < 4.78 is 0. The zero-order valence-electron chi connectivity index (χ0n) is 12.9. The van der Waals surface area contributed by atoms with Crippen molar-refractivity contribution in [3.63, 3.8) is 0 Å². The quantitative estimate of drug-likeness (QED) is 0.833. The molecule has 2 N–H and O–H groups in total. The number of nitrogens with one attached hydrogen (secondary N) is 1. The number of carboxylic acid groups (broad SMARTS) is 1. The van der Waals surface area contributed by atoms with E-state index < -0.39 is 11.4 Å². The topological polar surface area (TPSA) is 72.9 Å². The fourth-order valence-electron chi connectivity index (χ4n) is 3.40. The Morgan fingerprint density at radius 2 is 1.71 bits per heavy atom. The summed E-state index contributed by atoms with van der Waals surface area (Å²) in [6.07, 6.45) is 6.16. The number of carbonyl (C=O) groups is 2. The van der Waals surface area contributed by atoms with Crippen LogP contribution in [-0.2, 0) is 4.79 Å². The van der Waals surface area contributed by atoms with Crippen LogP contribution in [0.3, 0.4) is 0 Å². The third-order valence-electron chi connectivity index (χ3n) is 4.80. The number of hydrazine groups is 1. The van der Waals surface area contributed by atoms with Gasteiger partial charge in [-0.1, -0.05) is 19.8 Å². The molecular formula is C15H27N3O3. The van der Waals surface area contributed by atoms with Gasteiger partial charge in [0.2, 0.25) is 0 Å². The summed E-state index contributed by atoms with van der Waals surface area (Å²) in [6, 6.07) is -0.0765. The van der Waals surface area contributed by atoms with Gasteiger partial charge in [-0.25, -0.2) is 9.80 Å². The first-order valence-electron chi connectivity index (χ1n) is 8.11. The molecular weight excluding hydrogens is 270 g/mol. The van der Waals surface area contributed by atoms with Crippen LogP contribution in [0.25, 0.3) is 0 Å². The molecule has 2 fully saturated rings. The van der Waals surface area contributed by atoms with Gasteiger partial charge in [-0.05, 0) is 32.1 Å². The van der Waals surface area contributed by atoms with Crippen molar-refractivity contribution in [2.75, 3.05) is 26.2 Å². The van der Waals surface area contributed by atoms with Crippen LogP contribution in [0.4, 0.5) is 4.79 Å².